The van der Waals surface area contributed by atoms with Gasteiger partial charge in [-0.2, -0.15) is 0 Å². The van der Waals surface area contributed by atoms with Crippen LogP contribution in [0.3, 0.4) is 0 Å². The van der Waals surface area contributed by atoms with Gasteiger partial charge < -0.3 is 14.9 Å². The van der Waals surface area contributed by atoms with Gasteiger partial charge in [-0.1, -0.05) is 61.5 Å². The minimum atomic E-state index is -3.46. The predicted octanol–water partition coefficient (Wildman–Crippen LogP) is 6.34. The standard InChI is InChI=1S/C45H46FN5O5/c1-2-35(30-6-4-3-5-7-30)40(32-10-14-34(52)15-11-32)31-8-12-33(13-9-31)49-22-20-29(21-23-49)28-48-24-26-50(27-25-48)37-17-16-36-41(42(37)46)45(56)51(44(36)55)38-18-19-39(53)47-43(38)54/h3-17,29,38,52H,2,18-28H2,1H3,(H,47,53,54)/i24D2,25D2,26D2,27D2. The van der Waals surface area contributed by atoms with E-state index in [2.05, 4.69) is 24.0 Å². The van der Waals surface area contributed by atoms with Crippen molar-refractivity contribution in [1.29, 1.82) is 0 Å². The highest BCUT2D eigenvalue weighted by atomic mass is 19.1. The number of rotatable bonds is 9. The van der Waals surface area contributed by atoms with Gasteiger partial charge >= 0.3 is 0 Å². The molecular weight excluding hydrogens is 710 g/mol. The van der Waals surface area contributed by atoms with Gasteiger partial charge in [0.05, 0.1) is 22.3 Å². The van der Waals surface area contributed by atoms with E-state index in [0.717, 1.165) is 52.1 Å². The molecule has 4 heterocycles. The molecule has 4 aromatic rings. The summed E-state index contributed by atoms with van der Waals surface area (Å²) in [5, 5.41) is 12.1. The van der Waals surface area contributed by atoms with Gasteiger partial charge in [0.15, 0.2) is 5.82 Å². The molecule has 56 heavy (non-hydrogen) atoms. The third-order valence-corrected chi connectivity index (χ3v) is 10.9. The van der Waals surface area contributed by atoms with Crippen molar-refractivity contribution in [2.45, 2.75) is 45.1 Å². The summed E-state index contributed by atoms with van der Waals surface area (Å²) in [4.78, 5) is 54.4. The minimum absolute atomic E-state index is 0.0242. The van der Waals surface area contributed by atoms with E-state index in [-0.39, 0.29) is 36.0 Å². The summed E-state index contributed by atoms with van der Waals surface area (Å²) in [5.74, 6) is -5.73. The zero-order valence-corrected chi connectivity index (χ0v) is 30.7. The number of allylic oxidation sites excluding steroid dienone is 1. The zero-order valence-electron chi connectivity index (χ0n) is 38.7. The van der Waals surface area contributed by atoms with Crippen LogP contribution in [-0.4, -0.2) is 90.2 Å². The molecule has 2 N–H and O–H groups in total. The summed E-state index contributed by atoms with van der Waals surface area (Å²) in [5.41, 5.74) is 3.69. The molecule has 0 radical (unpaired) electrons. The molecule has 0 spiro atoms. The Morgan fingerprint density at radius 1 is 0.786 bits per heavy atom. The van der Waals surface area contributed by atoms with Gasteiger partial charge in [-0.15, -0.1) is 0 Å². The summed E-state index contributed by atoms with van der Waals surface area (Å²) in [7, 11) is 0. The molecule has 1 unspecified atom stereocenters. The number of anilines is 2. The van der Waals surface area contributed by atoms with Gasteiger partial charge in [0.2, 0.25) is 11.8 Å². The minimum Gasteiger partial charge on any atom is -0.508 e. The molecule has 4 aliphatic rings. The Balaban J connectivity index is 1.01. The molecular formula is C45H46FN5O5. The number of phenols is 1. The van der Waals surface area contributed by atoms with Crippen LogP contribution in [0, 0.1) is 11.7 Å². The Bertz CT molecular complexity index is 2520. The molecule has 1 atom stereocenters. The van der Waals surface area contributed by atoms with E-state index < -0.39 is 78.3 Å². The van der Waals surface area contributed by atoms with Crippen molar-refractivity contribution in [1.82, 2.24) is 15.1 Å². The average Bonchev–Trinajstić information content (AvgIpc) is 3.51. The molecule has 11 heteroatoms. The van der Waals surface area contributed by atoms with Crippen molar-refractivity contribution >= 4 is 46.1 Å². The quantitative estimate of drug-likeness (QED) is 0.150. The van der Waals surface area contributed by atoms with Crippen molar-refractivity contribution in [3.8, 4) is 5.75 Å². The molecule has 3 saturated heterocycles. The molecule has 3 fully saturated rings. The average molecular weight is 764 g/mol. The number of piperazine rings is 1. The fourth-order valence-corrected chi connectivity index (χ4v) is 7.95. The Hall–Kier alpha value is -5.81. The molecule has 288 valence electrons. The maximum atomic E-state index is 16.6. The number of carbonyl (C=O) groups excluding carboxylic acids is 4. The first-order valence-corrected chi connectivity index (χ1v) is 18.8. The highest BCUT2D eigenvalue weighted by Crippen LogP contribution is 2.37. The van der Waals surface area contributed by atoms with Crippen molar-refractivity contribution in [3.05, 3.63) is 125 Å². The van der Waals surface area contributed by atoms with Gasteiger partial charge in [0.1, 0.15) is 11.8 Å². The highest BCUT2D eigenvalue weighted by molar-refractivity contribution is 6.24. The van der Waals surface area contributed by atoms with Crippen LogP contribution in [0.5, 0.6) is 5.75 Å². The molecule has 4 aliphatic heterocycles. The van der Waals surface area contributed by atoms with E-state index in [1.54, 1.807) is 12.1 Å². The lowest BCUT2D eigenvalue weighted by Gasteiger charge is -2.40. The van der Waals surface area contributed by atoms with E-state index in [4.69, 9.17) is 11.0 Å². The van der Waals surface area contributed by atoms with E-state index in [1.165, 1.54) is 0 Å². The summed E-state index contributed by atoms with van der Waals surface area (Å²) in [6.45, 7) is -10.8. The Kier molecular flexibility index (Phi) is 8.03. The first-order chi connectivity index (χ1) is 30.2. The zero-order chi connectivity index (χ0) is 46.1. The maximum absolute atomic E-state index is 16.6. The first-order valence-electron chi connectivity index (χ1n) is 22.8. The number of nitrogens with zero attached hydrogens (tertiary/aromatic N) is 4. The van der Waals surface area contributed by atoms with Gasteiger partial charge in [-0.25, -0.2) is 4.39 Å². The number of hydrogen-bond donors (Lipinski definition) is 2. The van der Waals surface area contributed by atoms with Gasteiger partial charge in [0.25, 0.3) is 11.8 Å². The molecule has 0 aromatic heterocycles. The number of carbonyl (C=O) groups is 4. The number of phenolic OH excluding ortho intramolecular Hbond substituents is 1. The molecule has 4 amide bonds. The Morgan fingerprint density at radius 3 is 2.09 bits per heavy atom. The third kappa shape index (κ3) is 7.19. The van der Waals surface area contributed by atoms with E-state index in [1.807, 2.05) is 59.9 Å². The maximum Gasteiger partial charge on any atom is 0.265 e. The summed E-state index contributed by atoms with van der Waals surface area (Å²) in [6.07, 6.45) is 1.21. The van der Waals surface area contributed by atoms with Crippen molar-refractivity contribution in [2.24, 2.45) is 5.92 Å². The second-order valence-corrected chi connectivity index (χ2v) is 14.3. The number of halogens is 1. The van der Waals surface area contributed by atoms with Crippen LogP contribution in [0.15, 0.2) is 91.0 Å². The summed E-state index contributed by atoms with van der Waals surface area (Å²) >= 11 is 0. The van der Waals surface area contributed by atoms with E-state index in [9.17, 15) is 24.3 Å². The Morgan fingerprint density at radius 2 is 1.45 bits per heavy atom. The molecule has 0 aliphatic carbocycles. The lowest BCUT2D eigenvalue weighted by atomic mass is 9.88. The second kappa shape index (κ2) is 15.7. The van der Waals surface area contributed by atoms with Crippen LogP contribution in [-0.2, 0) is 9.59 Å². The SMILES string of the molecule is [2H]C1([2H])N(CC2CCN(c3ccc(C(=C(CC)c4ccccc4)c4ccc(O)cc4)cc3)CC2)C([2H])([2H])C([2H])([2H])N(c2ccc3c(c2F)C(=O)N(C2CCC(=O)NC2=O)C3=O)C1([2H])[2H]. The predicted molar refractivity (Wildman–Crippen MR) is 214 cm³/mol. The number of benzene rings is 4. The molecule has 4 aromatic carbocycles. The lowest BCUT2D eigenvalue weighted by Crippen LogP contribution is -2.54. The fourth-order valence-electron chi connectivity index (χ4n) is 7.95. The fraction of sp³-hybridized carbons (Fsp3) is 0.333. The van der Waals surface area contributed by atoms with Crippen molar-refractivity contribution in [3.63, 3.8) is 0 Å². The largest absolute Gasteiger partial charge is 0.508 e. The molecule has 8 rings (SSSR count). The molecule has 0 saturated carbocycles. The van der Waals surface area contributed by atoms with Gasteiger partial charge in [-0.05, 0) is 95.8 Å². The normalized spacial score (nSPS) is 25.7. The topological polar surface area (TPSA) is 114 Å². The lowest BCUT2D eigenvalue weighted by molar-refractivity contribution is -0.136. The number of hydrogen-bond acceptors (Lipinski definition) is 8. The van der Waals surface area contributed by atoms with Crippen LogP contribution in [0.4, 0.5) is 15.8 Å². The second-order valence-electron chi connectivity index (χ2n) is 14.3. The van der Waals surface area contributed by atoms with Gasteiger partial charge in [-0.3, -0.25) is 34.3 Å². The van der Waals surface area contributed by atoms with Crippen molar-refractivity contribution < 1.29 is 39.6 Å². The first kappa shape index (κ1) is 28.6. The third-order valence-electron chi connectivity index (χ3n) is 10.9. The van der Waals surface area contributed by atoms with Crippen LogP contribution in [0.2, 0.25) is 0 Å². The summed E-state index contributed by atoms with van der Waals surface area (Å²) in [6, 6.07) is 25.6. The van der Waals surface area contributed by atoms with Crippen LogP contribution < -0.4 is 15.1 Å². The number of piperidine rings is 2. The number of imide groups is 2. The molecule has 0 bridgehead atoms. The van der Waals surface area contributed by atoms with Crippen LogP contribution in [0.25, 0.3) is 11.1 Å². The monoisotopic (exact) mass is 763 g/mol. The highest BCUT2D eigenvalue weighted by Gasteiger charge is 2.46. The Labute approximate surface area is 337 Å². The number of amides is 4. The van der Waals surface area contributed by atoms with Crippen LogP contribution >= 0.6 is 0 Å². The molecule has 10 nitrogen and oxygen atoms in total. The van der Waals surface area contributed by atoms with E-state index in [0.29, 0.717) is 35.7 Å². The number of fused-ring (bicyclic) bond motifs is 1. The van der Waals surface area contributed by atoms with Crippen LogP contribution in [0.1, 0.15) is 87.4 Å². The van der Waals surface area contributed by atoms with Gasteiger partial charge in [0, 0.05) is 63.2 Å². The van der Waals surface area contributed by atoms with E-state index >= 15 is 4.39 Å². The number of aromatic hydroxyl groups is 1. The smallest absolute Gasteiger partial charge is 0.265 e. The van der Waals surface area contributed by atoms with Crippen molar-refractivity contribution in [2.75, 3.05) is 55.4 Å². The number of nitrogens with one attached hydrogen (secondary N) is 1. The summed E-state index contributed by atoms with van der Waals surface area (Å²) < 4.78 is 88.8.